The molecule has 1 fully saturated rings. The number of methoxy groups -OCH3 is 2. The van der Waals surface area contributed by atoms with E-state index in [0.29, 0.717) is 0 Å². The highest BCUT2D eigenvalue weighted by Gasteiger charge is 2.41. The molecule has 2 aliphatic rings. The Morgan fingerprint density at radius 3 is 2.73 bits per heavy atom. The van der Waals surface area contributed by atoms with Crippen LogP contribution in [0.5, 0.6) is 11.5 Å². The fourth-order valence-corrected chi connectivity index (χ4v) is 3.65. The van der Waals surface area contributed by atoms with Crippen molar-refractivity contribution in [3.63, 3.8) is 0 Å². The van der Waals surface area contributed by atoms with Gasteiger partial charge in [-0.2, -0.15) is 0 Å². The van der Waals surface area contributed by atoms with Crippen LogP contribution in [0.1, 0.15) is 72.8 Å². The molecule has 1 aromatic carbocycles. The summed E-state index contributed by atoms with van der Waals surface area (Å²) in [6, 6.07) is -5.10. The number of hydrogen-bond donors (Lipinski definition) is 1. The number of fused-ring (bicyclic) bond motifs is 3. The molecular formula is C24H38N2O4. The molecular weight excluding hydrogens is 380 g/mol. The summed E-state index contributed by atoms with van der Waals surface area (Å²) in [5.41, 5.74) is 4.73. The molecule has 0 aliphatic carbocycles. The van der Waals surface area contributed by atoms with Crippen molar-refractivity contribution in [1.82, 2.24) is 4.90 Å². The molecule has 0 bridgehead atoms. The zero-order chi connectivity index (χ0) is 31.7. The first-order valence-corrected chi connectivity index (χ1v) is 10.1. The zero-order valence-electron chi connectivity index (χ0n) is 29.1. The number of hydrogen-bond acceptors (Lipinski definition) is 6. The Morgan fingerprint density at radius 1 is 1.37 bits per heavy atom. The fourth-order valence-electron chi connectivity index (χ4n) is 3.65. The molecule has 30 heavy (non-hydrogen) atoms. The number of carbonyl (C=O) groups excluding carboxylic acids is 1. The van der Waals surface area contributed by atoms with Gasteiger partial charge in [0, 0.05) is 36.9 Å². The van der Waals surface area contributed by atoms with Crippen LogP contribution in [0.15, 0.2) is 12.1 Å². The lowest BCUT2D eigenvalue weighted by molar-refractivity contribution is -0.160. The second kappa shape index (κ2) is 9.56. The van der Waals surface area contributed by atoms with Gasteiger partial charge in [-0.25, -0.2) is 0 Å². The molecule has 2 aliphatic heterocycles. The van der Waals surface area contributed by atoms with Crippen LogP contribution in [0.2, 0.25) is 0 Å². The van der Waals surface area contributed by atoms with E-state index in [9.17, 15) is 7.54 Å². The predicted molar refractivity (Wildman–Crippen MR) is 118 cm³/mol. The Balaban J connectivity index is 2.37. The third kappa shape index (κ3) is 4.75. The summed E-state index contributed by atoms with van der Waals surface area (Å²) >= 11 is 0. The number of ether oxygens (including phenoxy) is 3. The molecule has 2 heterocycles. The number of esters is 1. The van der Waals surface area contributed by atoms with Crippen molar-refractivity contribution in [3.8, 4) is 11.5 Å². The van der Waals surface area contributed by atoms with E-state index in [1.54, 1.807) is 13.8 Å². The molecule has 1 saturated heterocycles. The van der Waals surface area contributed by atoms with E-state index in [1.807, 2.05) is 13.8 Å². The molecule has 6 heteroatoms. The van der Waals surface area contributed by atoms with Crippen LogP contribution >= 0.6 is 0 Å². The molecule has 4 atom stereocenters. The van der Waals surface area contributed by atoms with Gasteiger partial charge in [-0.05, 0) is 47.8 Å². The van der Waals surface area contributed by atoms with Crippen molar-refractivity contribution in [1.29, 1.82) is 0 Å². The maximum atomic E-state index is 13.0. The summed E-state index contributed by atoms with van der Waals surface area (Å²) in [6.45, 7) is 3.73. The first-order chi connectivity index (χ1) is 18.5. The van der Waals surface area contributed by atoms with Crippen LogP contribution in [0.4, 0.5) is 0 Å². The van der Waals surface area contributed by atoms with Crippen molar-refractivity contribution in [2.24, 2.45) is 23.5 Å². The Labute approximate surface area is 196 Å². The van der Waals surface area contributed by atoms with Crippen molar-refractivity contribution >= 4 is 5.97 Å². The second-order valence-electron chi connectivity index (χ2n) is 8.42. The second-order valence-corrected chi connectivity index (χ2v) is 8.42. The van der Waals surface area contributed by atoms with E-state index in [-0.39, 0.29) is 18.3 Å². The highest BCUT2D eigenvalue weighted by Crippen LogP contribution is 2.44. The topological polar surface area (TPSA) is 74.0 Å². The molecule has 0 radical (unpaired) electrons. The molecule has 1 aromatic rings. The minimum absolute atomic E-state index is 0.0496. The fraction of sp³-hybridized carbons (Fsp3) is 0.708. The number of benzene rings is 1. The highest BCUT2D eigenvalue weighted by molar-refractivity contribution is 5.76. The predicted octanol–water partition coefficient (Wildman–Crippen LogP) is 3.56. The summed E-state index contributed by atoms with van der Waals surface area (Å²) in [5, 5.41) is 0. The molecule has 0 aromatic heterocycles. The largest absolute Gasteiger partial charge is 0.493 e. The van der Waals surface area contributed by atoms with E-state index >= 15 is 0 Å². The van der Waals surface area contributed by atoms with Crippen molar-refractivity contribution < 1.29 is 34.1 Å². The molecule has 0 amide bonds. The van der Waals surface area contributed by atoms with Gasteiger partial charge in [0.25, 0.3) is 0 Å². The smallest absolute Gasteiger partial charge is 0.323 e. The van der Waals surface area contributed by atoms with E-state index in [0.717, 1.165) is 12.0 Å². The monoisotopic (exact) mass is 429 g/mol. The summed E-state index contributed by atoms with van der Waals surface area (Å²) in [6.07, 6.45) is -5.64. The highest BCUT2D eigenvalue weighted by atomic mass is 16.5. The normalized spacial score (nSPS) is 38.9. The number of nitrogens with zero attached hydrogens (tertiary/aromatic N) is 1. The molecule has 168 valence electrons. The minimum atomic E-state index is -3.12. The molecule has 0 saturated carbocycles. The Kier molecular flexibility index (Phi) is 3.92. The van der Waals surface area contributed by atoms with E-state index in [2.05, 4.69) is 0 Å². The van der Waals surface area contributed by atoms with Gasteiger partial charge in [-0.3, -0.25) is 9.69 Å². The summed E-state index contributed by atoms with van der Waals surface area (Å²) < 4.78 is 110. The molecule has 2 N–H and O–H groups in total. The molecule has 6 nitrogen and oxygen atoms in total. The maximum Gasteiger partial charge on any atom is 0.323 e. The lowest BCUT2D eigenvalue weighted by atomic mass is 9.79. The number of carbonyl (C=O) groups is 1. The van der Waals surface area contributed by atoms with Gasteiger partial charge in [0.05, 0.1) is 23.7 Å². The van der Waals surface area contributed by atoms with Crippen molar-refractivity contribution in [2.45, 2.75) is 65.0 Å². The SMILES string of the molecule is [2H]c1c(OC)c(OC([2H])([2H])[2H])c([2H])c2c1C1([2H])CC([2H])(OC(=O)[C@@H](N)C(C)C)C(CC(C)C)CN1C([2H])([2H])C2([2H])[2H]. The van der Waals surface area contributed by atoms with Crippen molar-refractivity contribution in [2.75, 3.05) is 27.2 Å². The average Bonchev–Trinajstić information content (AvgIpc) is 2.79. The summed E-state index contributed by atoms with van der Waals surface area (Å²) in [5.74, 6) is -3.50. The van der Waals surface area contributed by atoms with Gasteiger partial charge in [0.2, 0.25) is 0 Å². The number of piperidine rings is 1. The first kappa shape index (κ1) is 12.3. The lowest BCUT2D eigenvalue weighted by Crippen LogP contribution is -2.51. The molecule has 3 rings (SSSR count). The molecule has 3 unspecified atom stereocenters. The Bertz CT molecular complexity index is 1190. The van der Waals surface area contributed by atoms with Crippen LogP contribution in [0.3, 0.4) is 0 Å². The Morgan fingerprint density at radius 2 is 2.10 bits per heavy atom. The maximum absolute atomic E-state index is 13.0. The van der Waals surface area contributed by atoms with Crippen LogP contribution in [-0.4, -0.2) is 50.2 Å². The van der Waals surface area contributed by atoms with Crippen LogP contribution in [0.25, 0.3) is 0 Å². The average molecular weight is 430 g/mol. The van der Waals surface area contributed by atoms with Gasteiger partial charge >= 0.3 is 5.97 Å². The third-order valence-corrected chi connectivity index (χ3v) is 5.35. The standard InChI is InChI=1S/C24H38N2O4/c1-14(2)9-17-13-26-8-7-16-10-21(28-5)22(29-6)11-18(16)19(26)12-20(17)30-24(27)23(25)15(3)4/h10-11,14-15,17,19-20,23H,7-9,12-13,25H2,1-6H3/t17?,19?,20?,23-/m0/s1/i5D3,7D2,8D2,10D,11D,19D,20D. The molecule has 0 spiro atoms. The van der Waals surface area contributed by atoms with Gasteiger partial charge in [-0.1, -0.05) is 27.7 Å². The van der Waals surface area contributed by atoms with Crippen molar-refractivity contribution in [3.05, 3.63) is 23.2 Å². The van der Waals surface area contributed by atoms with Gasteiger partial charge in [-0.15, -0.1) is 0 Å². The first-order valence-electron chi connectivity index (χ1n) is 15.6. The lowest BCUT2D eigenvalue weighted by Gasteiger charge is -2.47. The zero-order valence-corrected chi connectivity index (χ0v) is 18.1. The van der Waals surface area contributed by atoms with E-state index in [1.165, 1.54) is 0 Å². The van der Waals surface area contributed by atoms with Crippen LogP contribution in [-0.2, 0) is 15.9 Å². The van der Waals surface area contributed by atoms with E-state index in [4.69, 9.17) is 32.3 Å². The van der Waals surface area contributed by atoms with Gasteiger partial charge < -0.3 is 19.9 Å². The minimum Gasteiger partial charge on any atom is -0.493 e. The van der Waals surface area contributed by atoms with Gasteiger partial charge in [0.1, 0.15) is 12.1 Å². The van der Waals surface area contributed by atoms with Crippen LogP contribution < -0.4 is 15.2 Å². The number of rotatable bonds is 7. The van der Waals surface area contributed by atoms with Crippen LogP contribution in [0, 0.1) is 17.8 Å². The Hall–Kier alpha value is -1.79. The van der Waals surface area contributed by atoms with Gasteiger partial charge in [0.15, 0.2) is 11.5 Å². The summed E-state index contributed by atoms with van der Waals surface area (Å²) in [4.78, 5) is 13.9. The quantitative estimate of drug-likeness (QED) is 0.668. The van der Waals surface area contributed by atoms with E-state index < -0.39 is 97.6 Å². The summed E-state index contributed by atoms with van der Waals surface area (Å²) in [7, 11) is -2.04. The number of nitrogens with two attached hydrogens (primary N) is 1. The third-order valence-electron chi connectivity index (χ3n) is 5.35.